The molecule has 1 aliphatic heterocycles. The van der Waals surface area contributed by atoms with Gasteiger partial charge in [0.15, 0.2) is 0 Å². The van der Waals surface area contributed by atoms with Crippen LogP contribution in [0.15, 0.2) is 12.2 Å². The van der Waals surface area contributed by atoms with E-state index >= 15 is 0 Å². The molecule has 43 heavy (non-hydrogen) atoms. The van der Waals surface area contributed by atoms with Crippen molar-refractivity contribution < 1.29 is 9.59 Å². The maximum Gasteiger partial charge on any atom is 0.242 e. The Balaban J connectivity index is 2.13. The van der Waals surface area contributed by atoms with Gasteiger partial charge in [0.25, 0.3) is 0 Å². The zero-order valence-electron chi connectivity index (χ0n) is 28.3. The Bertz CT molecular complexity index is 681. The van der Waals surface area contributed by atoms with E-state index < -0.39 is 6.04 Å². The topological polar surface area (TPSA) is 103 Å². The van der Waals surface area contributed by atoms with Gasteiger partial charge in [0.1, 0.15) is 6.04 Å². The fourth-order valence-corrected chi connectivity index (χ4v) is 5.74. The summed E-state index contributed by atoms with van der Waals surface area (Å²) in [5, 5.41) is 9.32. The molecule has 1 saturated heterocycles. The molecule has 5 N–H and O–H groups in total. The molecule has 0 aliphatic carbocycles. The van der Waals surface area contributed by atoms with Crippen molar-refractivity contribution >= 4 is 11.8 Å². The van der Waals surface area contributed by atoms with Crippen LogP contribution in [0.25, 0.3) is 0 Å². The second-order valence-corrected chi connectivity index (χ2v) is 12.5. The van der Waals surface area contributed by atoms with E-state index in [4.69, 9.17) is 5.73 Å². The van der Waals surface area contributed by atoms with Gasteiger partial charge >= 0.3 is 0 Å². The molecule has 1 fully saturated rings. The van der Waals surface area contributed by atoms with Gasteiger partial charge in [-0.05, 0) is 97.4 Å². The molecule has 2 amide bonds. The zero-order valence-corrected chi connectivity index (χ0v) is 28.3. The Labute approximate surface area is 265 Å². The van der Waals surface area contributed by atoms with Crippen molar-refractivity contribution in [2.75, 3.05) is 66.0 Å². The van der Waals surface area contributed by atoms with Crippen LogP contribution in [-0.2, 0) is 9.59 Å². The standard InChI is InChI=1S/C35H70N6O2/c1-3-4-5-6-7-8-9-10-11-12-13-14-15-16-17-23-34(42)39-33(22-18-19-24-36)35(43)38-26-21-28-41-31-29-40(30-32-41)27-20-25-37-2/h10-11,33,37H,3-9,12-32,36H2,1-2H3,(H,38,43)(H,39,42)/b11-10-. The highest BCUT2D eigenvalue weighted by molar-refractivity contribution is 5.87. The summed E-state index contributed by atoms with van der Waals surface area (Å²) in [6, 6.07) is -0.455. The first kappa shape index (κ1) is 39.5. The van der Waals surface area contributed by atoms with Gasteiger partial charge in [-0.3, -0.25) is 9.59 Å². The number of amides is 2. The SMILES string of the molecule is CCCCCCCC/C=C\CCCCCCCC(=O)NC(CCCCN)C(=O)NCCCN1CCN(CCCNC)CC1. The molecule has 252 valence electrons. The number of hydrogen-bond donors (Lipinski definition) is 4. The van der Waals surface area contributed by atoms with Crippen molar-refractivity contribution in [2.24, 2.45) is 5.73 Å². The van der Waals surface area contributed by atoms with E-state index in [9.17, 15) is 9.59 Å². The molecule has 0 radical (unpaired) electrons. The Hall–Kier alpha value is -1.48. The van der Waals surface area contributed by atoms with Crippen LogP contribution in [0, 0.1) is 0 Å². The minimum Gasteiger partial charge on any atom is -0.354 e. The number of carbonyl (C=O) groups is 2. The van der Waals surface area contributed by atoms with Gasteiger partial charge in [0.05, 0.1) is 0 Å². The molecular weight excluding hydrogens is 536 g/mol. The Morgan fingerprint density at radius 3 is 1.86 bits per heavy atom. The summed E-state index contributed by atoms with van der Waals surface area (Å²) in [6.45, 7) is 11.2. The number of carbonyl (C=O) groups excluding carboxylic acids is 2. The summed E-state index contributed by atoms with van der Waals surface area (Å²) in [6.07, 6.45) is 25.9. The number of nitrogens with two attached hydrogens (primary N) is 1. The van der Waals surface area contributed by atoms with Gasteiger partial charge < -0.3 is 31.5 Å². The summed E-state index contributed by atoms with van der Waals surface area (Å²) in [5.41, 5.74) is 5.67. The Morgan fingerprint density at radius 2 is 1.28 bits per heavy atom. The summed E-state index contributed by atoms with van der Waals surface area (Å²) in [7, 11) is 2.01. The molecule has 1 heterocycles. The molecule has 1 rings (SSSR count). The lowest BCUT2D eigenvalue weighted by molar-refractivity contribution is -0.129. The third-order valence-electron chi connectivity index (χ3n) is 8.58. The number of rotatable bonds is 29. The molecule has 1 aliphatic rings. The van der Waals surface area contributed by atoms with E-state index in [-0.39, 0.29) is 11.8 Å². The van der Waals surface area contributed by atoms with Crippen LogP contribution in [0.1, 0.15) is 129 Å². The van der Waals surface area contributed by atoms with E-state index in [2.05, 4.69) is 44.8 Å². The predicted octanol–water partition coefficient (Wildman–Crippen LogP) is 5.37. The normalized spacial score (nSPS) is 15.2. The van der Waals surface area contributed by atoms with Crippen LogP contribution < -0.4 is 21.7 Å². The summed E-state index contributed by atoms with van der Waals surface area (Å²) < 4.78 is 0. The van der Waals surface area contributed by atoms with Crippen molar-refractivity contribution in [3.63, 3.8) is 0 Å². The van der Waals surface area contributed by atoms with E-state index in [1.165, 1.54) is 83.6 Å². The zero-order chi connectivity index (χ0) is 31.2. The third-order valence-corrected chi connectivity index (χ3v) is 8.58. The number of hydrogen-bond acceptors (Lipinski definition) is 6. The molecule has 0 spiro atoms. The van der Waals surface area contributed by atoms with E-state index in [0.717, 1.165) is 71.4 Å². The first-order valence-corrected chi connectivity index (χ1v) is 18.1. The van der Waals surface area contributed by atoms with Crippen molar-refractivity contribution in [3.05, 3.63) is 12.2 Å². The summed E-state index contributed by atoms with van der Waals surface area (Å²) >= 11 is 0. The van der Waals surface area contributed by atoms with Gasteiger partial charge in [0.2, 0.25) is 11.8 Å². The monoisotopic (exact) mass is 607 g/mol. The van der Waals surface area contributed by atoms with Crippen molar-refractivity contribution in [1.82, 2.24) is 25.8 Å². The lowest BCUT2D eigenvalue weighted by Gasteiger charge is -2.34. The number of allylic oxidation sites excluding steroid dienone is 2. The molecule has 0 bridgehead atoms. The lowest BCUT2D eigenvalue weighted by atomic mass is 10.1. The fraction of sp³-hybridized carbons (Fsp3) is 0.886. The van der Waals surface area contributed by atoms with E-state index in [1.54, 1.807) is 0 Å². The molecular formula is C35H70N6O2. The second-order valence-electron chi connectivity index (χ2n) is 12.5. The molecule has 0 aromatic rings. The number of nitrogens with one attached hydrogen (secondary N) is 3. The average molecular weight is 607 g/mol. The highest BCUT2D eigenvalue weighted by Crippen LogP contribution is 2.11. The quantitative estimate of drug-likeness (QED) is 0.0675. The first-order valence-electron chi connectivity index (χ1n) is 18.1. The second kappa shape index (κ2) is 29.2. The van der Waals surface area contributed by atoms with Crippen molar-refractivity contribution in [2.45, 2.75) is 135 Å². The van der Waals surface area contributed by atoms with E-state index in [0.29, 0.717) is 25.9 Å². The molecule has 0 saturated carbocycles. The van der Waals surface area contributed by atoms with Crippen LogP contribution in [0.3, 0.4) is 0 Å². The molecule has 0 aromatic carbocycles. The highest BCUT2D eigenvalue weighted by Gasteiger charge is 2.20. The lowest BCUT2D eigenvalue weighted by Crippen LogP contribution is -2.48. The summed E-state index contributed by atoms with van der Waals surface area (Å²) in [5.74, 6) is -0.0533. The first-order chi connectivity index (χ1) is 21.1. The largest absolute Gasteiger partial charge is 0.354 e. The molecule has 8 nitrogen and oxygen atoms in total. The molecule has 8 heteroatoms. The van der Waals surface area contributed by atoms with Crippen molar-refractivity contribution in [3.8, 4) is 0 Å². The number of nitrogens with zero attached hydrogens (tertiary/aromatic N) is 2. The van der Waals surface area contributed by atoms with Gasteiger partial charge in [0, 0.05) is 39.1 Å². The van der Waals surface area contributed by atoms with Gasteiger partial charge in [-0.25, -0.2) is 0 Å². The Kier molecular flexibility index (Phi) is 26.9. The average Bonchev–Trinajstić information content (AvgIpc) is 3.01. The number of piperazine rings is 1. The molecule has 0 aromatic heterocycles. The maximum atomic E-state index is 12.9. The van der Waals surface area contributed by atoms with E-state index in [1.807, 2.05) is 7.05 Å². The van der Waals surface area contributed by atoms with Crippen molar-refractivity contribution in [1.29, 1.82) is 0 Å². The smallest absolute Gasteiger partial charge is 0.242 e. The van der Waals surface area contributed by atoms with Crippen LogP contribution in [-0.4, -0.2) is 93.6 Å². The highest BCUT2D eigenvalue weighted by atomic mass is 16.2. The predicted molar refractivity (Wildman–Crippen MR) is 183 cm³/mol. The van der Waals surface area contributed by atoms with Crippen LogP contribution in [0.2, 0.25) is 0 Å². The number of unbranched alkanes of at least 4 members (excludes halogenated alkanes) is 12. The molecule has 1 atom stereocenters. The third kappa shape index (κ3) is 23.6. The van der Waals surface area contributed by atoms with Gasteiger partial charge in [-0.2, -0.15) is 0 Å². The van der Waals surface area contributed by atoms with Crippen LogP contribution in [0.5, 0.6) is 0 Å². The van der Waals surface area contributed by atoms with Gasteiger partial charge in [-0.1, -0.05) is 70.4 Å². The minimum absolute atomic E-state index is 0.00175. The van der Waals surface area contributed by atoms with Crippen LogP contribution >= 0.6 is 0 Å². The fourth-order valence-electron chi connectivity index (χ4n) is 5.74. The maximum absolute atomic E-state index is 12.9. The van der Waals surface area contributed by atoms with Gasteiger partial charge in [-0.15, -0.1) is 0 Å². The van der Waals surface area contributed by atoms with Crippen LogP contribution in [0.4, 0.5) is 0 Å². The summed E-state index contributed by atoms with van der Waals surface area (Å²) in [4.78, 5) is 30.6. The Morgan fingerprint density at radius 1 is 0.721 bits per heavy atom. The minimum atomic E-state index is -0.455. The molecule has 1 unspecified atom stereocenters.